The van der Waals surface area contributed by atoms with Crippen molar-refractivity contribution in [2.24, 2.45) is 0 Å². The quantitative estimate of drug-likeness (QED) is 0.891. The molecule has 0 spiro atoms. The van der Waals surface area contributed by atoms with E-state index in [9.17, 15) is 0 Å². The highest BCUT2D eigenvalue weighted by Crippen LogP contribution is 2.40. The summed E-state index contributed by atoms with van der Waals surface area (Å²) in [5.74, 6) is 0.834. The first-order valence-electron chi connectivity index (χ1n) is 7.57. The second-order valence-electron chi connectivity index (χ2n) is 6.14. The summed E-state index contributed by atoms with van der Waals surface area (Å²) in [5.41, 5.74) is 3.99. The molecule has 2 aromatic rings. The lowest BCUT2D eigenvalue weighted by Crippen LogP contribution is -2.24. The van der Waals surface area contributed by atoms with Gasteiger partial charge in [0, 0.05) is 17.1 Å². The Bertz CT molecular complexity index is 594. The first-order chi connectivity index (χ1) is 9.79. The molecular formula is C17H20N2S. The predicted octanol–water partition coefficient (Wildman–Crippen LogP) is 4.17. The monoisotopic (exact) mass is 284 g/mol. The van der Waals surface area contributed by atoms with Gasteiger partial charge in [0.1, 0.15) is 5.01 Å². The minimum atomic E-state index is 0.273. The van der Waals surface area contributed by atoms with Crippen molar-refractivity contribution < 1.29 is 0 Å². The van der Waals surface area contributed by atoms with Gasteiger partial charge in [-0.3, -0.25) is 0 Å². The molecule has 3 heteroatoms. The summed E-state index contributed by atoms with van der Waals surface area (Å²) < 4.78 is 0. The van der Waals surface area contributed by atoms with Crippen molar-refractivity contribution in [3.05, 3.63) is 51.5 Å². The third-order valence-corrected chi connectivity index (χ3v) is 5.21. The normalized spacial score (nSPS) is 20.1. The van der Waals surface area contributed by atoms with Gasteiger partial charge in [0.25, 0.3) is 0 Å². The molecule has 0 bridgehead atoms. The molecule has 2 nitrogen and oxygen atoms in total. The number of benzene rings is 1. The Hall–Kier alpha value is -1.19. The largest absolute Gasteiger partial charge is 0.301 e. The average molecular weight is 284 g/mol. The smallest absolute Gasteiger partial charge is 0.114 e. The Labute approximate surface area is 124 Å². The van der Waals surface area contributed by atoms with Crippen LogP contribution in [0.25, 0.3) is 0 Å². The molecule has 0 amide bonds. The summed E-state index contributed by atoms with van der Waals surface area (Å²) in [5, 5.41) is 7.10. The zero-order chi connectivity index (χ0) is 13.5. The molecule has 2 fully saturated rings. The van der Waals surface area contributed by atoms with Crippen LogP contribution in [-0.4, -0.2) is 11.0 Å². The van der Waals surface area contributed by atoms with Crippen LogP contribution in [0.2, 0.25) is 0 Å². The maximum absolute atomic E-state index is 4.69. The van der Waals surface area contributed by atoms with E-state index in [1.807, 2.05) is 0 Å². The van der Waals surface area contributed by atoms with Crippen molar-refractivity contribution in [1.82, 2.24) is 10.3 Å². The lowest BCUT2D eigenvalue weighted by Gasteiger charge is -2.17. The van der Waals surface area contributed by atoms with Crippen LogP contribution in [0.1, 0.15) is 59.5 Å². The van der Waals surface area contributed by atoms with Gasteiger partial charge in [-0.25, -0.2) is 4.98 Å². The lowest BCUT2D eigenvalue weighted by atomic mass is 10.0. The van der Waals surface area contributed by atoms with Crippen LogP contribution in [0.15, 0.2) is 29.6 Å². The van der Waals surface area contributed by atoms with E-state index in [1.54, 1.807) is 11.3 Å². The van der Waals surface area contributed by atoms with Gasteiger partial charge in [0.15, 0.2) is 0 Å². The fraction of sp³-hybridized carbons (Fsp3) is 0.471. The van der Waals surface area contributed by atoms with E-state index in [0.29, 0.717) is 6.04 Å². The molecule has 4 rings (SSSR count). The Morgan fingerprint density at radius 1 is 1.15 bits per heavy atom. The van der Waals surface area contributed by atoms with Gasteiger partial charge in [-0.05, 0) is 49.7 Å². The summed E-state index contributed by atoms with van der Waals surface area (Å²) in [6.07, 6.45) is 5.35. The van der Waals surface area contributed by atoms with Crippen LogP contribution in [0.3, 0.4) is 0 Å². The Morgan fingerprint density at radius 3 is 2.45 bits per heavy atom. The Kier molecular flexibility index (Phi) is 3.12. The standard InChI is InChI=1S/C17H20N2S/c1-11-10-20-17(18-11)16(19-15-8-9-15)14-6-4-13(5-7-14)12-2-3-12/h4-7,10,12,15-16,19H,2-3,8-9H2,1H3. The summed E-state index contributed by atoms with van der Waals surface area (Å²) >= 11 is 1.77. The van der Waals surface area contributed by atoms with Crippen LogP contribution < -0.4 is 5.32 Å². The number of rotatable bonds is 5. The van der Waals surface area contributed by atoms with Gasteiger partial charge >= 0.3 is 0 Å². The highest BCUT2D eigenvalue weighted by Gasteiger charge is 2.28. The van der Waals surface area contributed by atoms with Gasteiger partial charge < -0.3 is 5.32 Å². The van der Waals surface area contributed by atoms with E-state index in [4.69, 9.17) is 4.98 Å². The highest BCUT2D eigenvalue weighted by molar-refractivity contribution is 7.09. The molecule has 2 aliphatic rings. The fourth-order valence-corrected chi connectivity index (χ4v) is 3.56. The second kappa shape index (κ2) is 4.97. The summed E-state index contributed by atoms with van der Waals surface area (Å²) in [4.78, 5) is 4.69. The SMILES string of the molecule is Cc1csc(C(NC2CC2)c2ccc(C3CC3)cc2)n1. The molecule has 1 unspecified atom stereocenters. The zero-order valence-corrected chi connectivity index (χ0v) is 12.6. The summed E-state index contributed by atoms with van der Waals surface area (Å²) in [6, 6.07) is 10.2. The number of aromatic nitrogens is 1. The molecule has 2 aliphatic carbocycles. The van der Waals surface area contributed by atoms with Crippen molar-refractivity contribution in [2.75, 3.05) is 0 Å². The fourth-order valence-electron chi connectivity index (χ4n) is 2.68. The average Bonchev–Trinajstić information content (AvgIpc) is 3.37. The van der Waals surface area contributed by atoms with E-state index in [2.05, 4.69) is 41.9 Å². The van der Waals surface area contributed by atoms with Crippen LogP contribution in [-0.2, 0) is 0 Å². The first-order valence-corrected chi connectivity index (χ1v) is 8.45. The van der Waals surface area contributed by atoms with Crippen LogP contribution >= 0.6 is 11.3 Å². The van der Waals surface area contributed by atoms with Gasteiger partial charge in [0.2, 0.25) is 0 Å². The van der Waals surface area contributed by atoms with Crippen LogP contribution in [0.5, 0.6) is 0 Å². The van der Waals surface area contributed by atoms with Gasteiger partial charge in [-0.15, -0.1) is 11.3 Å². The second-order valence-corrected chi connectivity index (χ2v) is 7.03. The first kappa shape index (κ1) is 12.5. The van der Waals surface area contributed by atoms with E-state index in [0.717, 1.165) is 11.6 Å². The number of hydrogen-bond acceptors (Lipinski definition) is 3. The van der Waals surface area contributed by atoms with Crippen LogP contribution in [0.4, 0.5) is 0 Å². The van der Waals surface area contributed by atoms with Gasteiger partial charge in [-0.2, -0.15) is 0 Å². The molecule has 0 radical (unpaired) electrons. The van der Waals surface area contributed by atoms with Crippen molar-refractivity contribution in [3.63, 3.8) is 0 Å². The topological polar surface area (TPSA) is 24.9 Å². The number of hydrogen-bond donors (Lipinski definition) is 1. The lowest BCUT2D eigenvalue weighted by molar-refractivity contribution is 0.597. The Morgan fingerprint density at radius 2 is 1.90 bits per heavy atom. The number of nitrogens with one attached hydrogen (secondary N) is 1. The van der Waals surface area contributed by atoms with Crippen molar-refractivity contribution in [1.29, 1.82) is 0 Å². The molecule has 1 heterocycles. The number of thiazole rings is 1. The van der Waals surface area contributed by atoms with E-state index >= 15 is 0 Å². The summed E-state index contributed by atoms with van der Waals surface area (Å²) in [7, 11) is 0. The van der Waals surface area contributed by atoms with Gasteiger partial charge in [0.05, 0.1) is 6.04 Å². The molecular weight excluding hydrogens is 264 g/mol. The maximum atomic E-state index is 4.69. The van der Waals surface area contributed by atoms with Crippen molar-refractivity contribution in [3.8, 4) is 0 Å². The minimum absolute atomic E-state index is 0.273. The highest BCUT2D eigenvalue weighted by atomic mass is 32.1. The number of nitrogens with zero attached hydrogens (tertiary/aromatic N) is 1. The Balaban J connectivity index is 1.62. The zero-order valence-electron chi connectivity index (χ0n) is 11.8. The molecule has 0 aliphatic heterocycles. The molecule has 2 saturated carbocycles. The van der Waals surface area contributed by atoms with E-state index < -0.39 is 0 Å². The predicted molar refractivity (Wildman–Crippen MR) is 83.3 cm³/mol. The van der Waals surface area contributed by atoms with E-state index in [1.165, 1.54) is 41.8 Å². The van der Waals surface area contributed by atoms with Crippen molar-refractivity contribution in [2.45, 2.75) is 50.6 Å². The molecule has 20 heavy (non-hydrogen) atoms. The molecule has 1 atom stereocenters. The molecule has 104 valence electrons. The van der Waals surface area contributed by atoms with Gasteiger partial charge in [-0.1, -0.05) is 24.3 Å². The number of aryl methyl sites for hydroxylation is 1. The summed E-state index contributed by atoms with van der Waals surface area (Å²) in [6.45, 7) is 2.07. The van der Waals surface area contributed by atoms with Crippen molar-refractivity contribution >= 4 is 11.3 Å². The molecule has 1 aromatic heterocycles. The maximum Gasteiger partial charge on any atom is 0.114 e. The third-order valence-electron chi connectivity index (χ3n) is 4.18. The molecule has 0 saturated heterocycles. The molecule has 1 aromatic carbocycles. The minimum Gasteiger partial charge on any atom is -0.301 e. The van der Waals surface area contributed by atoms with E-state index in [-0.39, 0.29) is 6.04 Å². The van der Waals surface area contributed by atoms with Crippen LogP contribution in [0, 0.1) is 6.92 Å². The third kappa shape index (κ3) is 2.65. The molecule has 1 N–H and O–H groups in total.